The van der Waals surface area contributed by atoms with Crippen molar-refractivity contribution in [1.82, 2.24) is 4.90 Å². The molecule has 0 N–H and O–H groups in total. The Morgan fingerprint density at radius 1 is 1.53 bits per heavy atom. The van der Waals surface area contributed by atoms with Crippen molar-refractivity contribution in [2.45, 2.75) is 12.3 Å². The van der Waals surface area contributed by atoms with E-state index in [9.17, 15) is 14.9 Å². The Hall–Kier alpha value is -1.56. The largest absolute Gasteiger partial charge is 0.326 e. The lowest BCUT2D eigenvalue weighted by Gasteiger charge is -2.20. The van der Waals surface area contributed by atoms with Gasteiger partial charge in [0.1, 0.15) is 5.56 Å². The zero-order valence-corrected chi connectivity index (χ0v) is 10.1. The SMILES string of the molecule is CC1SCCN1C(=O)c1ccccc1[N+](=O)[O-]. The van der Waals surface area contributed by atoms with Crippen molar-refractivity contribution in [2.75, 3.05) is 12.3 Å². The van der Waals surface area contributed by atoms with Crippen LogP contribution < -0.4 is 0 Å². The van der Waals surface area contributed by atoms with E-state index in [0.29, 0.717) is 6.54 Å². The lowest BCUT2D eigenvalue weighted by molar-refractivity contribution is -0.385. The van der Waals surface area contributed by atoms with Gasteiger partial charge in [-0.2, -0.15) is 0 Å². The third-order valence-corrected chi connectivity index (χ3v) is 3.88. The minimum absolute atomic E-state index is 0.0855. The van der Waals surface area contributed by atoms with Crippen molar-refractivity contribution in [3.05, 3.63) is 39.9 Å². The maximum Gasteiger partial charge on any atom is 0.282 e. The van der Waals surface area contributed by atoms with Gasteiger partial charge < -0.3 is 4.90 Å². The second-order valence-corrected chi connectivity index (χ2v) is 5.17. The highest BCUT2D eigenvalue weighted by Crippen LogP contribution is 2.27. The number of rotatable bonds is 2. The summed E-state index contributed by atoms with van der Waals surface area (Å²) in [7, 11) is 0. The van der Waals surface area contributed by atoms with Gasteiger partial charge in [-0.1, -0.05) is 12.1 Å². The Morgan fingerprint density at radius 3 is 2.82 bits per heavy atom. The number of nitrogens with zero attached hydrogens (tertiary/aromatic N) is 2. The predicted molar refractivity (Wildman–Crippen MR) is 66.1 cm³/mol. The van der Waals surface area contributed by atoms with Crippen LogP contribution in [0.2, 0.25) is 0 Å². The van der Waals surface area contributed by atoms with Crippen LogP contribution in [0.25, 0.3) is 0 Å². The Morgan fingerprint density at radius 2 is 2.24 bits per heavy atom. The normalized spacial score (nSPS) is 19.4. The molecule has 2 rings (SSSR count). The molecule has 0 radical (unpaired) electrons. The van der Waals surface area contributed by atoms with Gasteiger partial charge in [-0.05, 0) is 13.0 Å². The van der Waals surface area contributed by atoms with E-state index in [4.69, 9.17) is 0 Å². The first-order chi connectivity index (χ1) is 8.11. The monoisotopic (exact) mass is 252 g/mol. The summed E-state index contributed by atoms with van der Waals surface area (Å²) in [5.74, 6) is 0.628. The molecule has 6 heteroatoms. The molecule has 1 aliphatic rings. The summed E-state index contributed by atoms with van der Waals surface area (Å²) in [5, 5.41) is 10.9. The predicted octanol–water partition coefficient (Wildman–Crippen LogP) is 2.13. The molecule has 1 aromatic carbocycles. The van der Waals surface area contributed by atoms with Crippen LogP contribution in [0.1, 0.15) is 17.3 Å². The molecule has 1 heterocycles. The summed E-state index contributed by atoms with van der Waals surface area (Å²) in [5.41, 5.74) is 0.0495. The van der Waals surface area contributed by atoms with Gasteiger partial charge >= 0.3 is 0 Å². The first-order valence-electron chi connectivity index (χ1n) is 5.27. The summed E-state index contributed by atoms with van der Waals surface area (Å²) >= 11 is 1.68. The van der Waals surface area contributed by atoms with Crippen molar-refractivity contribution in [2.24, 2.45) is 0 Å². The standard InChI is InChI=1S/C11H12N2O3S/c1-8-12(6-7-17-8)11(14)9-4-2-3-5-10(9)13(15)16/h2-5,8H,6-7H2,1H3. The smallest absolute Gasteiger partial charge is 0.282 e. The third-order valence-electron chi connectivity index (χ3n) is 2.72. The number of thioether (sulfide) groups is 1. The maximum absolute atomic E-state index is 12.2. The van der Waals surface area contributed by atoms with Gasteiger partial charge in [0.2, 0.25) is 0 Å². The van der Waals surface area contributed by atoms with Crippen LogP contribution in [0.3, 0.4) is 0 Å². The minimum atomic E-state index is -0.513. The van der Waals surface area contributed by atoms with Crippen molar-refractivity contribution >= 4 is 23.4 Å². The van der Waals surface area contributed by atoms with Gasteiger partial charge in [0.25, 0.3) is 11.6 Å². The van der Waals surface area contributed by atoms with E-state index in [-0.39, 0.29) is 22.5 Å². The lowest BCUT2D eigenvalue weighted by Crippen LogP contribution is -2.33. The van der Waals surface area contributed by atoms with Crippen LogP contribution >= 0.6 is 11.8 Å². The quantitative estimate of drug-likeness (QED) is 0.597. The molecular weight excluding hydrogens is 240 g/mol. The van der Waals surface area contributed by atoms with E-state index in [0.717, 1.165) is 5.75 Å². The molecule has 1 saturated heterocycles. The Bertz CT molecular complexity index is 464. The molecule has 1 amide bonds. The zero-order valence-electron chi connectivity index (χ0n) is 9.33. The van der Waals surface area contributed by atoms with Gasteiger partial charge in [-0.25, -0.2) is 0 Å². The number of nitro groups is 1. The Labute approximate surface area is 103 Å². The van der Waals surface area contributed by atoms with Crippen LogP contribution in [-0.4, -0.2) is 33.4 Å². The fraction of sp³-hybridized carbons (Fsp3) is 0.364. The van der Waals surface area contributed by atoms with Crippen molar-refractivity contribution < 1.29 is 9.72 Å². The Balaban J connectivity index is 2.33. The van der Waals surface area contributed by atoms with E-state index < -0.39 is 4.92 Å². The molecule has 1 unspecified atom stereocenters. The summed E-state index contributed by atoms with van der Waals surface area (Å²) in [4.78, 5) is 24.2. The van der Waals surface area contributed by atoms with E-state index in [2.05, 4.69) is 0 Å². The average molecular weight is 252 g/mol. The molecule has 90 valence electrons. The third kappa shape index (κ3) is 2.26. The summed E-state index contributed by atoms with van der Waals surface area (Å²) < 4.78 is 0. The topological polar surface area (TPSA) is 63.5 Å². The molecular formula is C11H12N2O3S. The first kappa shape index (κ1) is 11.9. The van der Waals surface area contributed by atoms with Crippen LogP contribution in [0.4, 0.5) is 5.69 Å². The minimum Gasteiger partial charge on any atom is -0.326 e. The van der Waals surface area contributed by atoms with Crippen LogP contribution in [-0.2, 0) is 0 Å². The molecule has 1 aromatic rings. The summed E-state index contributed by atoms with van der Waals surface area (Å²) in [6, 6.07) is 6.09. The molecule has 1 aliphatic heterocycles. The van der Waals surface area contributed by atoms with Crippen molar-refractivity contribution in [3.63, 3.8) is 0 Å². The second-order valence-electron chi connectivity index (χ2n) is 3.74. The lowest BCUT2D eigenvalue weighted by atomic mass is 10.1. The fourth-order valence-corrected chi connectivity index (χ4v) is 2.85. The second kappa shape index (κ2) is 4.75. The fourth-order valence-electron chi connectivity index (χ4n) is 1.83. The number of amides is 1. The molecule has 5 nitrogen and oxygen atoms in total. The van der Waals surface area contributed by atoms with E-state index >= 15 is 0 Å². The molecule has 1 atom stereocenters. The highest BCUT2D eigenvalue weighted by molar-refractivity contribution is 8.00. The first-order valence-corrected chi connectivity index (χ1v) is 6.32. The van der Waals surface area contributed by atoms with E-state index in [1.54, 1.807) is 28.8 Å². The molecule has 0 aromatic heterocycles. The van der Waals surface area contributed by atoms with Crippen molar-refractivity contribution in [3.8, 4) is 0 Å². The number of hydrogen-bond donors (Lipinski definition) is 0. The van der Waals surface area contributed by atoms with Gasteiger partial charge in [0, 0.05) is 18.4 Å². The zero-order chi connectivity index (χ0) is 12.4. The van der Waals surface area contributed by atoms with Crippen LogP contribution in [0, 0.1) is 10.1 Å². The van der Waals surface area contributed by atoms with Crippen molar-refractivity contribution in [1.29, 1.82) is 0 Å². The molecule has 0 bridgehead atoms. The molecule has 0 aliphatic carbocycles. The number of benzene rings is 1. The van der Waals surface area contributed by atoms with Gasteiger partial charge in [-0.15, -0.1) is 11.8 Å². The summed E-state index contributed by atoms with van der Waals surface area (Å²) in [6.45, 7) is 2.58. The Kier molecular flexibility index (Phi) is 3.33. The summed E-state index contributed by atoms with van der Waals surface area (Å²) in [6.07, 6.45) is 0. The average Bonchev–Trinajstić information content (AvgIpc) is 2.74. The number of carbonyl (C=O) groups excluding carboxylic acids is 1. The molecule has 17 heavy (non-hydrogen) atoms. The van der Waals surface area contributed by atoms with E-state index in [1.807, 2.05) is 6.92 Å². The van der Waals surface area contributed by atoms with Gasteiger partial charge in [0.15, 0.2) is 0 Å². The van der Waals surface area contributed by atoms with E-state index in [1.165, 1.54) is 12.1 Å². The highest BCUT2D eigenvalue weighted by atomic mass is 32.2. The number of carbonyl (C=O) groups is 1. The molecule has 0 saturated carbocycles. The number of para-hydroxylation sites is 1. The number of hydrogen-bond acceptors (Lipinski definition) is 4. The van der Waals surface area contributed by atoms with Gasteiger partial charge in [-0.3, -0.25) is 14.9 Å². The van der Waals surface area contributed by atoms with Gasteiger partial charge in [0.05, 0.1) is 10.3 Å². The van der Waals surface area contributed by atoms with Crippen LogP contribution in [0.5, 0.6) is 0 Å². The number of nitro benzene ring substituents is 1. The molecule has 0 spiro atoms. The molecule has 1 fully saturated rings. The highest BCUT2D eigenvalue weighted by Gasteiger charge is 2.30. The maximum atomic E-state index is 12.2. The van der Waals surface area contributed by atoms with Crippen LogP contribution in [0.15, 0.2) is 24.3 Å².